The lowest BCUT2D eigenvalue weighted by Gasteiger charge is -2.22. The molecule has 150 valence electrons. The number of hydrogen-bond donors (Lipinski definition) is 1. The molecular weight excluding hydrogens is 414 g/mol. The Hall–Kier alpha value is -3.10. The first kappa shape index (κ1) is 20.6. The molecule has 0 bridgehead atoms. The molecule has 3 aromatic rings. The van der Waals surface area contributed by atoms with Gasteiger partial charge in [0.25, 0.3) is 5.91 Å². The van der Waals surface area contributed by atoms with Crippen molar-refractivity contribution in [3.8, 4) is 0 Å². The highest BCUT2D eigenvalue weighted by molar-refractivity contribution is 7.92. The molecular formula is C20H18ClN3O4S. The summed E-state index contributed by atoms with van der Waals surface area (Å²) in [4.78, 5) is 12.2. The second kappa shape index (κ2) is 8.93. The average molecular weight is 432 g/mol. The number of nitrogens with zero attached hydrogens (tertiary/aromatic N) is 2. The maximum absolute atomic E-state index is 12.3. The van der Waals surface area contributed by atoms with Gasteiger partial charge >= 0.3 is 0 Å². The Kier molecular flexibility index (Phi) is 6.36. The van der Waals surface area contributed by atoms with E-state index in [1.54, 1.807) is 48.5 Å². The number of halogens is 1. The number of hydrogen-bond acceptors (Lipinski definition) is 5. The molecule has 0 fully saturated rings. The minimum atomic E-state index is -3.53. The molecule has 0 saturated carbocycles. The largest absolute Gasteiger partial charge is 0.463 e. The third kappa shape index (κ3) is 5.69. The topological polar surface area (TPSA) is 92.0 Å². The van der Waals surface area contributed by atoms with Gasteiger partial charge < -0.3 is 4.42 Å². The Bertz CT molecular complexity index is 1090. The molecule has 1 N–H and O–H groups in total. The molecule has 0 aliphatic heterocycles. The zero-order chi connectivity index (χ0) is 20.9. The van der Waals surface area contributed by atoms with E-state index in [4.69, 9.17) is 16.0 Å². The first-order valence-electron chi connectivity index (χ1n) is 8.52. The summed E-state index contributed by atoms with van der Waals surface area (Å²) in [6.07, 6.45) is 4.01. The number of sulfonamides is 1. The van der Waals surface area contributed by atoms with Crippen molar-refractivity contribution in [2.45, 2.75) is 6.54 Å². The maximum atomic E-state index is 12.3. The summed E-state index contributed by atoms with van der Waals surface area (Å²) in [5.74, 6) is 0.0783. The lowest BCUT2D eigenvalue weighted by atomic mass is 10.2. The molecule has 0 spiro atoms. The molecule has 1 heterocycles. The maximum Gasteiger partial charge on any atom is 0.271 e. The second-order valence-electron chi connectivity index (χ2n) is 6.16. The van der Waals surface area contributed by atoms with Gasteiger partial charge in [0.05, 0.1) is 31.0 Å². The molecule has 9 heteroatoms. The van der Waals surface area contributed by atoms with Gasteiger partial charge in [-0.15, -0.1) is 0 Å². The first-order chi connectivity index (χ1) is 13.8. The van der Waals surface area contributed by atoms with Crippen LogP contribution in [0.5, 0.6) is 0 Å². The van der Waals surface area contributed by atoms with Crippen LogP contribution in [0.1, 0.15) is 21.7 Å². The van der Waals surface area contributed by atoms with Gasteiger partial charge in [0.2, 0.25) is 10.0 Å². The Morgan fingerprint density at radius 2 is 1.83 bits per heavy atom. The number of carbonyl (C=O) groups is 1. The Balaban J connectivity index is 1.73. The normalized spacial score (nSPS) is 11.5. The number of carbonyl (C=O) groups excluding carboxylic acids is 1. The van der Waals surface area contributed by atoms with Crippen molar-refractivity contribution >= 4 is 39.4 Å². The molecule has 2 aromatic carbocycles. The van der Waals surface area contributed by atoms with Gasteiger partial charge in [-0.05, 0) is 54.1 Å². The Labute approximate surface area is 173 Å². The van der Waals surface area contributed by atoms with Gasteiger partial charge in [-0.2, -0.15) is 5.10 Å². The summed E-state index contributed by atoms with van der Waals surface area (Å²) in [6, 6.07) is 16.6. The third-order valence-corrected chi connectivity index (χ3v) is 5.35. The number of furan rings is 1. The highest BCUT2D eigenvalue weighted by Gasteiger charge is 2.18. The molecule has 7 nitrogen and oxygen atoms in total. The minimum absolute atomic E-state index is 0.148. The smallest absolute Gasteiger partial charge is 0.271 e. The number of amides is 1. The van der Waals surface area contributed by atoms with Crippen LogP contribution in [0.15, 0.2) is 76.4 Å². The summed E-state index contributed by atoms with van der Waals surface area (Å²) in [7, 11) is -3.53. The number of benzene rings is 2. The summed E-state index contributed by atoms with van der Waals surface area (Å²) in [5, 5.41) is 4.39. The number of anilines is 1. The van der Waals surface area contributed by atoms with Gasteiger partial charge in [0.1, 0.15) is 5.76 Å². The van der Waals surface area contributed by atoms with Gasteiger partial charge in [0.15, 0.2) is 0 Å². The summed E-state index contributed by atoms with van der Waals surface area (Å²) in [6.45, 7) is 0.148. The molecule has 0 aliphatic rings. The Morgan fingerprint density at radius 1 is 1.14 bits per heavy atom. The zero-order valence-corrected chi connectivity index (χ0v) is 17.0. The zero-order valence-electron chi connectivity index (χ0n) is 15.4. The lowest BCUT2D eigenvalue weighted by molar-refractivity contribution is 0.0955. The van der Waals surface area contributed by atoms with Crippen LogP contribution < -0.4 is 9.73 Å². The molecule has 3 rings (SSSR count). The van der Waals surface area contributed by atoms with Crippen LogP contribution in [0.2, 0.25) is 5.02 Å². The summed E-state index contributed by atoms with van der Waals surface area (Å²) in [5.41, 5.74) is 3.95. The fraction of sp³-hybridized carbons (Fsp3) is 0.100. The molecule has 0 saturated heterocycles. The highest BCUT2D eigenvalue weighted by Crippen LogP contribution is 2.22. The van der Waals surface area contributed by atoms with Crippen molar-refractivity contribution < 1.29 is 17.6 Å². The standard InChI is InChI=1S/C20H18ClN3O4S/c1-29(26,27)24(14-15-4-8-17(21)9-5-15)18-10-6-16(7-11-18)20(25)23-22-13-19-3-2-12-28-19/h2-13H,14H2,1H3,(H,23,25)/b22-13-. The quantitative estimate of drug-likeness (QED) is 0.456. The fourth-order valence-corrected chi connectivity index (χ4v) is 3.53. The molecule has 0 aliphatic carbocycles. The van der Waals surface area contributed by atoms with E-state index < -0.39 is 15.9 Å². The molecule has 1 aromatic heterocycles. The van der Waals surface area contributed by atoms with Gasteiger partial charge in [-0.3, -0.25) is 9.10 Å². The van der Waals surface area contributed by atoms with E-state index in [0.29, 0.717) is 22.0 Å². The highest BCUT2D eigenvalue weighted by atomic mass is 35.5. The van der Waals surface area contributed by atoms with Crippen LogP contribution in [0.3, 0.4) is 0 Å². The molecule has 0 unspecified atom stereocenters. The van der Waals surface area contributed by atoms with Crippen molar-refractivity contribution in [1.29, 1.82) is 0 Å². The predicted octanol–water partition coefficient (Wildman–Crippen LogP) is 3.66. The van der Waals surface area contributed by atoms with E-state index in [-0.39, 0.29) is 6.54 Å². The van der Waals surface area contributed by atoms with Crippen LogP contribution in [-0.2, 0) is 16.6 Å². The van der Waals surface area contributed by atoms with Crippen LogP contribution in [-0.4, -0.2) is 26.8 Å². The number of nitrogens with one attached hydrogen (secondary N) is 1. The molecule has 0 radical (unpaired) electrons. The molecule has 1 amide bonds. The van der Waals surface area contributed by atoms with E-state index in [1.807, 2.05) is 0 Å². The first-order valence-corrected chi connectivity index (χ1v) is 10.7. The van der Waals surface area contributed by atoms with Crippen LogP contribution in [0.25, 0.3) is 0 Å². The Morgan fingerprint density at radius 3 is 2.41 bits per heavy atom. The van der Waals surface area contributed by atoms with E-state index in [2.05, 4.69) is 10.5 Å². The fourth-order valence-electron chi connectivity index (χ4n) is 2.52. The van der Waals surface area contributed by atoms with Crippen molar-refractivity contribution in [3.05, 3.63) is 88.8 Å². The number of rotatable bonds is 7. The molecule has 29 heavy (non-hydrogen) atoms. The van der Waals surface area contributed by atoms with Crippen LogP contribution in [0.4, 0.5) is 5.69 Å². The summed E-state index contributed by atoms with van der Waals surface area (Å²) < 4.78 is 30.9. The van der Waals surface area contributed by atoms with E-state index in [1.165, 1.54) is 28.9 Å². The summed E-state index contributed by atoms with van der Waals surface area (Å²) >= 11 is 5.88. The monoisotopic (exact) mass is 431 g/mol. The number of hydrazone groups is 1. The van der Waals surface area contributed by atoms with Crippen LogP contribution in [0, 0.1) is 0 Å². The van der Waals surface area contributed by atoms with Crippen molar-refractivity contribution in [1.82, 2.24) is 5.43 Å². The van der Waals surface area contributed by atoms with Crippen molar-refractivity contribution in [2.24, 2.45) is 5.10 Å². The third-order valence-electron chi connectivity index (χ3n) is 3.96. The van der Waals surface area contributed by atoms with E-state index in [9.17, 15) is 13.2 Å². The predicted molar refractivity (Wildman–Crippen MR) is 113 cm³/mol. The van der Waals surface area contributed by atoms with E-state index >= 15 is 0 Å². The van der Waals surface area contributed by atoms with Gasteiger partial charge in [0, 0.05) is 10.6 Å². The van der Waals surface area contributed by atoms with Crippen molar-refractivity contribution in [2.75, 3.05) is 10.6 Å². The van der Waals surface area contributed by atoms with Gasteiger partial charge in [-0.25, -0.2) is 13.8 Å². The van der Waals surface area contributed by atoms with Crippen LogP contribution >= 0.6 is 11.6 Å². The second-order valence-corrected chi connectivity index (χ2v) is 8.50. The van der Waals surface area contributed by atoms with E-state index in [0.717, 1.165) is 11.8 Å². The average Bonchev–Trinajstić information content (AvgIpc) is 3.20. The lowest BCUT2D eigenvalue weighted by Crippen LogP contribution is -2.29. The van der Waals surface area contributed by atoms with Crippen molar-refractivity contribution in [3.63, 3.8) is 0 Å². The SMILES string of the molecule is CS(=O)(=O)N(Cc1ccc(Cl)cc1)c1ccc(C(=O)N/N=C\c2ccco2)cc1. The van der Waals surface area contributed by atoms with Gasteiger partial charge in [-0.1, -0.05) is 23.7 Å². The molecule has 0 atom stereocenters. The minimum Gasteiger partial charge on any atom is -0.463 e.